The Morgan fingerprint density at radius 3 is 2.94 bits per heavy atom. The number of hydrogen-bond donors (Lipinski definition) is 1. The number of halogens is 1. The monoisotopic (exact) mass is 295 g/mol. The number of rotatable bonds is 4. The summed E-state index contributed by atoms with van der Waals surface area (Å²) in [5.74, 6) is 1.59. The van der Waals surface area contributed by atoms with Crippen LogP contribution >= 0.6 is 15.9 Å². The fourth-order valence-electron chi connectivity index (χ4n) is 1.55. The van der Waals surface area contributed by atoms with E-state index in [-0.39, 0.29) is 0 Å². The molecular formula is C12H14BrN3O. The predicted molar refractivity (Wildman–Crippen MR) is 70.2 cm³/mol. The lowest BCUT2D eigenvalue weighted by Gasteiger charge is -2.09. The molecule has 2 rings (SSSR count). The van der Waals surface area contributed by atoms with Gasteiger partial charge in [0.05, 0.1) is 12.4 Å². The molecule has 0 amide bonds. The van der Waals surface area contributed by atoms with E-state index in [9.17, 15) is 0 Å². The van der Waals surface area contributed by atoms with Crippen LogP contribution in [-0.2, 0) is 13.6 Å². The molecule has 1 heterocycles. The second-order valence-electron chi connectivity index (χ2n) is 3.73. The summed E-state index contributed by atoms with van der Waals surface area (Å²) in [5.41, 5.74) is 1.10. The minimum atomic E-state index is 0.743. The summed E-state index contributed by atoms with van der Waals surface area (Å²) in [6.45, 7) is 0.759. The first-order valence-electron chi connectivity index (χ1n) is 5.28. The molecule has 0 bridgehead atoms. The van der Waals surface area contributed by atoms with Crippen LogP contribution in [0.25, 0.3) is 0 Å². The van der Waals surface area contributed by atoms with Gasteiger partial charge in [-0.15, -0.1) is 0 Å². The van der Waals surface area contributed by atoms with E-state index >= 15 is 0 Å². The van der Waals surface area contributed by atoms with Gasteiger partial charge in [0.1, 0.15) is 5.75 Å². The SMILES string of the molecule is CNCc1cc(Br)ccc1Oc1cnn(C)c1. The van der Waals surface area contributed by atoms with E-state index in [1.807, 2.05) is 38.5 Å². The summed E-state index contributed by atoms with van der Waals surface area (Å²) in [6, 6.07) is 5.96. The van der Waals surface area contributed by atoms with Crippen LogP contribution in [0.4, 0.5) is 0 Å². The van der Waals surface area contributed by atoms with Crippen molar-refractivity contribution < 1.29 is 4.74 Å². The predicted octanol–water partition coefficient (Wildman–Crippen LogP) is 2.69. The van der Waals surface area contributed by atoms with Gasteiger partial charge in [-0.05, 0) is 25.2 Å². The van der Waals surface area contributed by atoms with Gasteiger partial charge >= 0.3 is 0 Å². The van der Waals surface area contributed by atoms with Crippen LogP contribution in [0.1, 0.15) is 5.56 Å². The summed E-state index contributed by atoms with van der Waals surface area (Å²) < 4.78 is 8.55. The third-order valence-corrected chi connectivity index (χ3v) is 2.79. The number of hydrogen-bond acceptors (Lipinski definition) is 3. The normalized spacial score (nSPS) is 10.5. The molecule has 1 aromatic heterocycles. The molecule has 0 aliphatic heterocycles. The van der Waals surface area contributed by atoms with E-state index in [2.05, 4.69) is 26.3 Å². The number of benzene rings is 1. The van der Waals surface area contributed by atoms with Gasteiger partial charge < -0.3 is 10.1 Å². The van der Waals surface area contributed by atoms with E-state index in [1.165, 1.54) is 0 Å². The summed E-state index contributed by atoms with van der Waals surface area (Å²) in [6.07, 6.45) is 3.54. The van der Waals surface area contributed by atoms with Crippen molar-refractivity contribution in [2.45, 2.75) is 6.54 Å². The maximum absolute atomic E-state index is 5.79. The Bertz CT molecular complexity index is 510. The van der Waals surface area contributed by atoms with Gasteiger partial charge in [0.25, 0.3) is 0 Å². The van der Waals surface area contributed by atoms with Crippen molar-refractivity contribution in [1.29, 1.82) is 0 Å². The Labute approximate surface area is 109 Å². The topological polar surface area (TPSA) is 39.1 Å². The zero-order chi connectivity index (χ0) is 12.3. The summed E-state index contributed by atoms with van der Waals surface area (Å²) in [5, 5.41) is 7.19. The third-order valence-electron chi connectivity index (χ3n) is 2.30. The van der Waals surface area contributed by atoms with E-state index in [1.54, 1.807) is 10.9 Å². The minimum absolute atomic E-state index is 0.743. The number of ether oxygens (including phenoxy) is 1. The molecular weight excluding hydrogens is 282 g/mol. The first-order valence-corrected chi connectivity index (χ1v) is 6.08. The number of aromatic nitrogens is 2. The van der Waals surface area contributed by atoms with E-state index in [4.69, 9.17) is 4.74 Å². The second kappa shape index (κ2) is 5.33. The van der Waals surface area contributed by atoms with Gasteiger partial charge in [-0.25, -0.2) is 0 Å². The van der Waals surface area contributed by atoms with Crippen LogP contribution in [0.15, 0.2) is 35.1 Å². The highest BCUT2D eigenvalue weighted by atomic mass is 79.9. The number of nitrogens with one attached hydrogen (secondary N) is 1. The molecule has 17 heavy (non-hydrogen) atoms. The Kier molecular flexibility index (Phi) is 3.81. The van der Waals surface area contributed by atoms with Gasteiger partial charge in [-0.1, -0.05) is 15.9 Å². The van der Waals surface area contributed by atoms with Crippen LogP contribution in [-0.4, -0.2) is 16.8 Å². The molecule has 90 valence electrons. The fraction of sp³-hybridized carbons (Fsp3) is 0.250. The highest BCUT2D eigenvalue weighted by molar-refractivity contribution is 9.10. The molecule has 0 unspecified atom stereocenters. The first kappa shape index (κ1) is 12.1. The standard InChI is InChI=1S/C12H14BrN3O/c1-14-6-9-5-10(13)3-4-12(9)17-11-7-15-16(2)8-11/h3-5,7-8,14H,6H2,1-2H3. The molecule has 1 aromatic carbocycles. The Hall–Kier alpha value is -1.33. The van der Waals surface area contributed by atoms with E-state index in [0.29, 0.717) is 0 Å². The molecule has 0 atom stereocenters. The molecule has 0 fully saturated rings. The third kappa shape index (κ3) is 3.08. The van der Waals surface area contributed by atoms with Gasteiger partial charge in [0, 0.05) is 23.6 Å². The zero-order valence-corrected chi connectivity index (χ0v) is 11.4. The number of aryl methyl sites for hydroxylation is 1. The van der Waals surface area contributed by atoms with Gasteiger partial charge in [0.2, 0.25) is 0 Å². The van der Waals surface area contributed by atoms with Crippen molar-refractivity contribution in [2.24, 2.45) is 7.05 Å². The van der Waals surface area contributed by atoms with Gasteiger partial charge in [-0.3, -0.25) is 4.68 Å². The van der Waals surface area contributed by atoms with E-state index in [0.717, 1.165) is 28.1 Å². The van der Waals surface area contributed by atoms with Gasteiger partial charge in [0.15, 0.2) is 5.75 Å². The molecule has 0 saturated carbocycles. The molecule has 4 nitrogen and oxygen atoms in total. The smallest absolute Gasteiger partial charge is 0.165 e. The quantitative estimate of drug-likeness (QED) is 0.943. The lowest BCUT2D eigenvalue weighted by molar-refractivity contribution is 0.473. The van der Waals surface area contributed by atoms with Crippen molar-refractivity contribution in [2.75, 3.05) is 7.05 Å². The molecule has 1 N–H and O–H groups in total. The fourth-order valence-corrected chi connectivity index (χ4v) is 1.96. The van der Waals surface area contributed by atoms with Crippen LogP contribution in [0.5, 0.6) is 11.5 Å². The molecule has 2 aromatic rings. The van der Waals surface area contributed by atoms with Crippen molar-refractivity contribution in [1.82, 2.24) is 15.1 Å². The highest BCUT2D eigenvalue weighted by Crippen LogP contribution is 2.27. The van der Waals surface area contributed by atoms with Crippen molar-refractivity contribution >= 4 is 15.9 Å². The summed E-state index contributed by atoms with van der Waals surface area (Å²) in [4.78, 5) is 0. The van der Waals surface area contributed by atoms with Crippen LogP contribution in [0.3, 0.4) is 0 Å². The van der Waals surface area contributed by atoms with Crippen molar-refractivity contribution in [3.05, 3.63) is 40.6 Å². The Morgan fingerprint density at radius 1 is 1.47 bits per heavy atom. The maximum atomic E-state index is 5.79. The second-order valence-corrected chi connectivity index (χ2v) is 4.65. The zero-order valence-electron chi connectivity index (χ0n) is 9.77. The summed E-state index contributed by atoms with van der Waals surface area (Å²) in [7, 11) is 3.78. The lowest BCUT2D eigenvalue weighted by atomic mass is 10.2. The molecule has 0 aliphatic rings. The summed E-state index contributed by atoms with van der Waals surface area (Å²) >= 11 is 3.46. The molecule has 0 spiro atoms. The maximum Gasteiger partial charge on any atom is 0.165 e. The molecule has 5 heteroatoms. The van der Waals surface area contributed by atoms with Crippen LogP contribution in [0.2, 0.25) is 0 Å². The lowest BCUT2D eigenvalue weighted by Crippen LogP contribution is -2.06. The molecule has 0 saturated heterocycles. The Morgan fingerprint density at radius 2 is 2.29 bits per heavy atom. The minimum Gasteiger partial charge on any atom is -0.454 e. The van der Waals surface area contributed by atoms with Gasteiger partial charge in [-0.2, -0.15) is 5.10 Å². The van der Waals surface area contributed by atoms with Crippen molar-refractivity contribution in [3.8, 4) is 11.5 Å². The van der Waals surface area contributed by atoms with Crippen molar-refractivity contribution in [3.63, 3.8) is 0 Å². The van der Waals surface area contributed by atoms with Crippen LogP contribution in [0, 0.1) is 0 Å². The first-order chi connectivity index (χ1) is 8.19. The number of nitrogens with zero attached hydrogens (tertiary/aromatic N) is 2. The molecule has 0 aliphatic carbocycles. The Balaban J connectivity index is 2.25. The average molecular weight is 296 g/mol. The average Bonchev–Trinajstić information content (AvgIpc) is 2.69. The molecule has 0 radical (unpaired) electrons. The highest BCUT2D eigenvalue weighted by Gasteiger charge is 2.06. The van der Waals surface area contributed by atoms with E-state index < -0.39 is 0 Å². The van der Waals surface area contributed by atoms with Crippen LogP contribution < -0.4 is 10.1 Å². The largest absolute Gasteiger partial charge is 0.454 e.